The van der Waals surface area contributed by atoms with Gasteiger partial charge in [-0.15, -0.1) is 0 Å². The lowest BCUT2D eigenvalue weighted by Crippen LogP contribution is -2.41. The molecule has 1 aromatic carbocycles. The highest BCUT2D eigenvalue weighted by Crippen LogP contribution is 2.55. The van der Waals surface area contributed by atoms with E-state index in [0.29, 0.717) is 18.4 Å². The lowest BCUT2D eigenvalue weighted by Gasteiger charge is -2.29. The molecule has 1 aromatic heterocycles. The van der Waals surface area contributed by atoms with Crippen molar-refractivity contribution >= 4 is 16.0 Å². The van der Waals surface area contributed by atoms with Gasteiger partial charge >= 0.3 is 0 Å². The van der Waals surface area contributed by atoms with Crippen LogP contribution in [-0.2, 0) is 14.8 Å². The molecule has 2 aromatic rings. The topological polar surface area (TPSA) is 97.6 Å². The molecule has 9 heteroatoms. The van der Waals surface area contributed by atoms with Crippen LogP contribution in [0.4, 0.5) is 5.95 Å². The van der Waals surface area contributed by atoms with E-state index in [0.717, 1.165) is 31.5 Å². The molecule has 8 nitrogen and oxygen atoms in total. The van der Waals surface area contributed by atoms with Gasteiger partial charge in [0.15, 0.2) is 0 Å². The second-order valence-electron chi connectivity index (χ2n) is 7.80. The molecular weight excluding hydrogens is 368 g/mol. The molecule has 144 valence electrons. The first-order chi connectivity index (χ1) is 12.9. The van der Waals surface area contributed by atoms with Crippen LogP contribution in [0, 0.1) is 11.8 Å². The number of sulfonamides is 1. The molecule has 1 N–H and O–H groups in total. The average Bonchev–Trinajstić information content (AvgIpc) is 3.39. The van der Waals surface area contributed by atoms with Crippen LogP contribution < -0.4 is 9.62 Å². The first-order valence-electron chi connectivity index (χ1n) is 9.20. The maximum absolute atomic E-state index is 11.5. The standard InChI is InChI=1S/C18H22N4O4S/c1-27(23,24)19-9-13-14-10-22(11-18(14)8-7-15(13)25-18)17-20-16(26-21-17)12-5-3-2-4-6-12/h2-6,13-15,19H,7-11H2,1H3/t13-,14+,15+,18+/m0/s1. The van der Waals surface area contributed by atoms with Gasteiger partial charge in [0.05, 0.1) is 24.5 Å². The van der Waals surface area contributed by atoms with Gasteiger partial charge in [-0.1, -0.05) is 18.2 Å². The summed E-state index contributed by atoms with van der Waals surface area (Å²) in [5.74, 6) is 1.52. The molecule has 0 aliphatic carbocycles. The van der Waals surface area contributed by atoms with Crippen molar-refractivity contribution in [2.45, 2.75) is 24.5 Å². The minimum absolute atomic E-state index is 0.136. The molecule has 2 bridgehead atoms. The Morgan fingerprint density at radius 2 is 2.15 bits per heavy atom. The van der Waals surface area contributed by atoms with Crippen LogP contribution in [-0.4, -0.2) is 56.2 Å². The van der Waals surface area contributed by atoms with Crippen molar-refractivity contribution in [1.82, 2.24) is 14.9 Å². The number of hydrogen-bond donors (Lipinski definition) is 1. The van der Waals surface area contributed by atoms with Gasteiger partial charge in [-0.25, -0.2) is 13.1 Å². The van der Waals surface area contributed by atoms with Crippen LogP contribution in [0.15, 0.2) is 34.9 Å². The summed E-state index contributed by atoms with van der Waals surface area (Å²) in [5.41, 5.74) is 0.670. The Balaban J connectivity index is 1.35. The third-order valence-electron chi connectivity index (χ3n) is 6.08. The summed E-state index contributed by atoms with van der Waals surface area (Å²) in [5, 5.41) is 4.16. The summed E-state index contributed by atoms with van der Waals surface area (Å²) in [4.78, 5) is 6.67. The Morgan fingerprint density at radius 1 is 1.33 bits per heavy atom. The van der Waals surface area contributed by atoms with Crippen molar-refractivity contribution in [2.24, 2.45) is 11.8 Å². The molecule has 0 saturated carbocycles. The Kier molecular flexibility index (Phi) is 3.82. The van der Waals surface area contributed by atoms with E-state index in [4.69, 9.17) is 9.26 Å². The van der Waals surface area contributed by atoms with E-state index < -0.39 is 10.0 Å². The first kappa shape index (κ1) is 17.2. The Hall–Kier alpha value is -1.97. The highest BCUT2D eigenvalue weighted by Gasteiger charge is 2.63. The zero-order valence-electron chi connectivity index (χ0n) is 15.0. The Labute approximate surface area is 157 Å². The average molecular weight is 390 g/mol. The zero-order chi connectivity index (χ0) is 18.6. The smallest absolute Gasteiger partial charge is 0.266 e. The predicted molar refractivity (Wildman–Crippen MR) is 98.6 cm³/mol. The third-order valence-corrected chi connectivity index (χ3v) is 6.77. The van der Waals surface area contributed by atoms with Gasteiger partial charge in [-0.05, 0) is 30.1 Å². The van der Waals surface area contributed by atoms with E-state index in [1.54, 1.807) is 0 Å². The van der Waals surface area contributed by atoms with Gasteiger partial charge < -0.3 is 14.2 Å². The van der Waals surface area contributed by atoms with E-state index in [1.165, 1.54) is 6.26 Å². The minimum Gasteiger partial charge on any atom is -0.369 e. The van der Waals surface area contributed by atoms with Crippen molar-refractivity contribution in [3.63, 3.8) is 0 Å². The molecule has 0 radical (unpaired) electrons. The lowest BCUT2D eigenvalue weighted by atomic mass is 9.74. The molecule has 27 heavy (non-hydrogen) atoms. The summed E-state index contributed by atoms with van der Waals surface area (Å²) < 4.78 is 37.5. The summed E-state index contributed by atoms with van der Waals surface area (Å²) in [6.45, 7) is 1.89. The molecule has 0 amide bonds. The van der Waals surface area contributed by atoms with Gasteiger partial charge in [0.25, 0.3) is 11.8 Å². The highest BCUT2D eigenvalue weighted by molar-refractivity contribution is 7.88. The SMILES string of the molecule is CS(=O)(=O)NC[C@H]1[C@H]2CN(c3noc(-c4ccccc4)n3)C[C@]23CC[C@H]1O3. The van der Waals surface area contributed by atoms with Gasteiger partial charge in [0.1, 0.15) is 0 Å². The van der Waals surface area contributed by atoms with E-state index in [1.807, 2.05) is 30.3 Å². The van der Waals surface area contributed by atoms with E-state index in [2.05, 4.69) is 19.8 Å². The number of nitrogens with zero attached hydrogens (tertiary/aromatic N) is 3. The number of benzene rings is 1. The number of aromatic nitrogens is 2. The number of nitrogens with one attached hydrogen (secondary N) is 1. The van der Waals surface area contributed by atoms with Crippen LogP contribution in [0.25, 0.3) is 11.5 Å². The maximum atomic E-state index is 11.5. The molecule has 3 aliphatic rings. The van der Waals surface area contributed by atoms with E-state index in [9.17, 15) is 8.42 Å². The van der Waals surface area contributed by atoms with Crippen LogP contribution >= 0.6 is 0 Å². The monoisotopic (exact) mass is 390 g/mol. The number of rotatable bonds is 5. The Bertz CT molecular complexity index is 947. The summed E-state index contributed by atoms with van der Waals surface area (Å²) in [6, 6.07) is 9.69. The van der Waals surface area contributed by atoms with Crippen LogP contribution in [0.1, 0.15) is 12.8 Å². The molecule has 3 aliphatic heterocycles. The van der Waals surface area contributed by atoms with Crippen LogP contribution in [0.5, 0.6) is 0 Å². The molecule has 4 atom stereocenters. The molecule has 1 spiro atoms. The largest absolute Gasteiger partial charge is 0.369 e. The minimum atomic E-state index is -3.21. The van der Waals surface area contributed by atoms with Crippen molar-refractivity contribution in [2.75, 3.05) is 30.8 Å². The molecular formula is C18H22N4O4S. The van der Waals surface area contributed by atoms with Crippen LogP contribution in [0.2, 0.25) is 0 Å². The second kappa shape index (κ2) is 6.02. The van der Waals surface area contributed by atoms with Crippen molar-refractivity contribution in [3.05, 3.63) is 30.3 Å². The number of hydrogen-bond acceptors (Lipinski definition) is 7. The predicted octanol–water partition coefficient (Wildman–Crippen LogP) is 1.27. The maximum Gasteiger partial charge on any atom is 0.266 e. The van der Waals surface area contributed by atoms with Crippen LogP contribution in [0.3, 0.4) is 0 Å². The van der Waals surface area contributed by atoms with Crippen molar-refractivity contribution in [3.8, 4) is 11.5 Å². The Morgan fingerprint density at radius 3 is 2.93 bits per heavy atom. The van der Waals surface area contributed by atoms with Gasteiger partial charge in [-0.2, -0.15) is 4.98 Å². The summed E-state index contributed by atoms with van der Waals surface area (Å²) in [7, 11) is -3.21. The number of anilines is 1. The number of ether oxygens (including phenoxy) is 1. The third kappa shape index (κ3) is 2.94. The molecule has 3 saturated heterocycles. The van der Waals surface area contributed by atoms with Gasteiger partial charge in [-0.3, -0.25) is 0 Å². The second-order valence-corrected chi connectivity index (χ2v) is 9.63. The van der Waals surface area contributed by atoms with E-state index >= 15 is 0 Å². The number of fused-ring (bicyclic) bond motifs is 1. The molecule has 3 fully saturated rings. The fraction of sp³-hybridized carbons (Fsp3) is 0.556. The zero-order valence-corrected chi connectivity index (χ0v) is 15.9. The summed E-state index contributed by atoms with van der Waals surface area (Å²) >= 11 is 0. The van der Waals surface area contributed by atoms with E-state index in [-0.39, 0.29) is 23.5 Å². The van der Waals surface area contributed by atoms with Gasteiger partial charge in [0, 0.05) is 30.5 Å². The van der Waals surface area contributed by atoms with Crippen molar-refractivity contribution in [1.29, 1.82) is 0 Å². The molecule has 0 unspecified atom stereocenters. The molecule has 5 rings (SSSR count). The lowest BCUT2D eigenvalue weighted by molar-refractivity contribution is 0.0141. The fourth-order valence-corrected chi connectivity index (χ4v) is 5.40. The molecule has 4 heterocycles. The van der Waals surface area contributed by atoms with Gasteiger partial charge in [0.2, 0.25) is 10.0 Å². The fourth-order valence-electron chi connectivity index (χ4n) is 4.91. The quantitative estimate of drug-likeness (QED) is 0.821. The highest BCUT2D eigenvalue weighted by atomic mass is 32.2. The summed E-state index contributed by atoms with van der Waals surface area (Å²) in [6.07, 6.45) is 3.30. The first-order valence-corrected chi connectivity index (χ1v) is 11.1. The van der Waals surface area contributed by atoms with Crippen molar-refractivity contribution < 1.29 is 17.7 Å². The normalized spacial score (nSPS) is 32.2.